The quantitative estimate of drug-likeness (QED) is 0.118. The number of nitrogens with zero attached hydrogens (tertiary/aromatic N) is 6. The Bertz CT molecular complexity index is 8060. The second-order valence-electron chi connectivity index (χ2n) is 30.6. The van der Waals surface area contributed by atoms with Crippen LogP contribution in [0.15, 0.2) is 450 Å². The number of rotatable bonds is 12. The van der Waals surface area contributed by atoms with E-state index in [1.807, 2.05) is 158 Å². The van der Waals surface area contributed by atoms with Crippen molar-refractivity contribution in [2.75, 3.05) is 0 Å². The predicted octanol–water partition coefficient (Wildman–Crippen LogP) is 30.6. The summed E-state index contributed by atoms with van der Waals surface area (Å²) < 4.78 is 18.4. The molecule has 9 nitrogen and oxygen atoms in total. The lowest BCUT2D eigenvalue weighted by atomic mass is 9.96. The Morgan fingerprint density at radius 2 is 0.455 bits per heavy atom. The Kier molecular flexibility index (Phi) is 18.8. The molecular weight excluding hydrogens is 1500 g/mol. The molecule has 9 heteroatoms. The zero-order chi connectivity index (χ0) is 81.5. The Balaban J connectivity index is 0.000000110. The summed E-state index contributed by atoms with van der Waals surface area (Å²) in [7, 11) is 0. The normalized spacial score (nSPS) is 11.4. The van der Waals surface area contributed by atoms with Crippen molar-refractivity contribution < 1.29 is 13.3 Å². The largest absolute Gasteiger partial charge is 0.456 e. The van der Waals surface area contributed by atoms with E-state index in [4.69, 9.17) is 43.2 Å². The molecule has 0 N–H and O–H groups in total. The van der Waals surface area contributed by atoms with Crippen molar-refractivity contribution in [3.05, 3.63) is 437 Å². The molecule has 0 spiro atoms. The van der Waals surface area contributed by atoms with Crippen LogP contribution in [0, 0.1) is 0 Å². The minimum Gasteiger partial charge on any atom is -0.456 e. The van der Waals surface area contributed by atoms with Crippen LogP contribution in [-0.2, 0) is 0 Å². The summed E-state index contributed by atoms with van der Waals surface area (Å²) in [5.41, 5.74) is 32.6. The van der Waals surface area contributed by atoms with Crippen molar-refractivity contribution in [2.24, 2.45) is 0 Å². The third kappa shape index (κ3) is 13.9. The highest BCUT2D eigenvalue weighted by Crippen LogP contribution is 2.44. The molecule has 0 bridgehead atoms. The van der Waals surface area contributed by atoms with Gasteiger partial charge in [0, 0.05) is 82.0 Å². The van der Waals surface area contributed by atoms with Crippen LogP contribution in [0.2, 0.25) is 0 Å². The molecule has 24 rings (SSSR count). The summed E-state index contributed by atoms with van der Waals surface area (Å²) in [6.45, 7) is 0. The van der Waals surface area contributed by atoms with Gasteiger partial charge in [-0.05, 0) is 128 Å². The fraction of sp³-hybridized carbons (Fsp3) is 0. The van der Waals surface area contributed by atoms with Crippen LogP contribution in [0.3, 0.4) is 0 Å². The smallest absolute Gasteiger partial charge is 0.160 e. The molecule has 0 aliphatic heterocycles. The zero-order valence-corrected chi connectivity index (χ0v) is 66.5. The number of aromatic nitrogens is 6. The summed E-state index contributed by atoms with van der Waals surface area (Å²) in [4.78, 5) is 30.5. The summed E-state index contributed by atoms with van der Waals surface area (Å²) in [5, 5.41) is 8.93. The average Bonchev–Trinajstić information content (AvgIpc) is 1.70. The first kappa shape index (κ1) is 72.8. The van der Waals surface area contributed by atoms with Crippen LogP contribution in [-0.4, -0.2) is 29.9 Å². The van der Waals surface area contributed by atoms with E-state index in [0.717, 1.165) is 222 Å². The van der Waals surface area contributed by atoms with Gasteiger partial charge in [-0.25, -0.2) is 29.9 Å². The molecule has 576 valence electrons. The van der Waals surface area contributed by atoms with Gasteiger partial charge in [-0.15, -0.1) is 0 Å². The number of hydrogen-bond acceptors (Lipinski definition) is 9. The Morgan fingerprint density at radius 1 is 0.146 bits per heavy atom. The predicted molar refractivity (Wildman–Crippen MR) is 506 cm³/mol. The lowest BCUT2D eigenvalue weighted by molar-refractivity contribution is 0.668. The maximum Gasteiger partial charge on any atom is 0.160 e. The molecule has 24 aromatic rings. The van der Waals surface area contributed by atoms with Crippen LogP contribution < -0.4 is 0 Å². The highest BCUT2D eigenvalue weighted by Gasteiger charge is 2.22. The van der Waals surface area contributed by atoms with Gasteiger partial charge in [0.05, 0.1) is 44.8 Å². The summed E-state index contributed by atoms with van der Waals surface area (Å²) in [6, 6.07) is 151. The van der Waals surface area contributed by atoms with Gasteiger partial charge in [-0.3, -0.25) is 0 Å². The molecule has 0 aliphatic carbocycles. The van der Waals surface area contributed by atoms with E-state index in [0.29, 0.717) is 0 Å². The number of furan rings is 3. The zero-order valence-electron chi connectivity index (χ0n) is 66.5. The molecule has 0 saturated heterocycles. The third-order valence-corrected chi connectivity index (χ3v) is 23.1. The van der Waals surface area contributed by atoms with Gasteiger partial charge < -0.3 is 13.3 Å². The molecule has 0 radical (unpaired) electrons. The number of hydrogen-bond donors (Lipinski definition) is 0. The highest BCUT2D eigenvalue weighted by molar-refractivity contribution is 6.15. The lowest BCUT2D eigenvalue weighted by Gasteiger charge is -2.13. The van der Waals surface area contributed by atoms with Crippen LogP contribution in [0.4, 0.5) is 0 Å². The fourth-order valence-electron chi connectivity index (χ4n) is 17.1. The van der Waals surface area contributed by atoms with Gasteiger partial charge in [-0.2, -0.15) is 0 Å². The monoisotopic (exact) mass is 1570 g/mol. The van der Waals surface area contributed by atoms with E-state index in [9.17, 15) is 0 Å². The molecule has 0 amide bonds. The first-order valence-electron chi connectivity index (χ1n) is 41.3. The summed E-state index contributed by atoms with van der Waals surface area (Å²) in [6.07, 6.45) is 0. The highest BCUT2D eigenvalue weighted by atomic mass is 16.3. The fourth-order valence-corrected chi connectivity index (χ4v) is 17.1. The summed E-state index contributed by atoms with van der Waals surface area (Å²) >= 11 is 0. The van der Waals surface area contributed by atoms with E-state index < -0.39 is 0 Å². The van der Waals surface area contributed by atoms with E-state index in [-0.39, 0.29) is 0 Å². The number of benzene rings is 18. The molecule has 6 heterocycles. The molecule has 0 saturated carbocycles. The van der Waals surface area contributed by atoms with Gasteiger partial charge in [0.2, 0.25) is 0 Å². The second kappa shape index (κ2) is 31.7. The van der Waals surface area contributed by atoms with E-state index in [1.54, 1.807) is 0 Å². The Morgan fingerprint density at radius 3 is 0.886 bits per heavy atom. The van der Waals surface area contributed by atoms with Gasteiger partial charge >= 0.3 is 0 Å². The molecule has 6 aromatic heterocycles. The lowest BCUT2D eigenvalue weighted by Crippen LogP contribution is -1.97. The van der Waals surface area contributed by atoms with E-state index in [1.165, 1.54) is 11.1 Å². The maximum absolute atomic E-state index is 6.13. The summed E-state index contributed by atoms with van der Waals surface area (Å²) in [5.74, 6) is 1.46. The minimum atomic E-state index is 0.727. The van der Waals surface area contributed by atoms with Gasteiger partial charge in [0.1, 0.15) is 33.5 Å². The first-order valence-corrected chi connectivity index (χ1v) is 41.3. The third-order valence-electron chi connectivity index (χ3n) is 23.1. The van der Waals surface area contributed by atoms with Crippen LogP contribution in [0.25, 0.3) is 233 Å². The molecule has 0 aliphatic rings. The van der Waals surface area contributed by atoms with Crippen LogP contribution in [0.5, 0.6) is 0 Å². The molecule has 18 aromatic carbocycles. The first-order chi connectivity index (χ1) is 61.0. The van der Waals surface area contributed by atoms with Gasteiger partial charge in [-0.1, -0.05) is 370 Å². The molecule has 123 heavy (non-hydrogen) atoms. The molecule has 0 unspecified atom stereocenters. The van der Waals surface area contributed by atoms with Crippen molar-refractivity contribution in [1.82, 2.24) is 29.9 Å². The topological polar surface area (TPSA) is 117 Å². The van der Waals surface area contributed by atoms with Crippen molar-refractivity contribution >= 4 is 98.7 Å². The molecule has 0 atom stereocenters. The van der Waals surface area contributed by atoms with Gasteiger partial charge in [0.25, 0.3) is 0 Å². The van der Waals surface area contributed by atoms with Gasteiger partial charge in [0.15, 0.2) is 11.6 Å². The Hall–Kier alpha value is -16.6. The number of para-hydroxylation sites is 4. The SMILES string of the molecule is c1ccc(-c2nc(-c3ccccc3)c3cc(-c4ccc(-c5cccc6oc7ccccc7c56)cc4)ccc3n2)cc1.c1ccc(-c2nc(-c3ccccc3)c3ccc(-c4ccc(-c5cccc6oc7ccccc7c56)cc4)cc3n2)cc1.c1ccc(-c2nc3cccc(-c4ccc(-c5cccc6oc7ccccc7c56)cc4)c3nc2-c2ccccc2)cc1. The second-order valence-corrected chi connectivity index (χ2v) is 30.6. The standard InChI is InChI=1S/3C38H24N2O/c1-3-11-27(12-4-1)36-37(28-13-5-2-6-14-28)40-38-30(17-9-18-32(38)39-36)26-23-21-25(22-24-26)29-16-10-20-34-35(29)31-15-7-8-19-33(31)41-34;1-3-10-27(11-4-1)37-31-23-22-29(24-33(31)39-38(40-37)28-12-5-2-6-13-28)25-18-20-26(21-19-25)30-15-9-17-35-36(30)32-14-7-8-16-34(32)41-35;1-3-10-27(11-4-1)37-32-24-29(22-23-33(32)39-38(40-37)28-12-5-2-6-13-28)25-18-20-26(21-19-25)30-15-9-17-35-36(30)31-14-7-8-16-34(31)41-35/h3*1-24H. The van der Waals surface area contributed by atoms with E-state index in [2.05, 4.69) is 279 Å². The molecular formula is C114H72N6O3. The Labute approximate surface area is 708 Å². The van der Waals surface area contributed by atoms with Crippen molar-refractivity contribution in [3.63, 3.8) is 0 Å². The minimum absolute atomic E-state index is 0.727. The van der Waals surface area contributed by atoms with Crippen LogP contribution >= 0.6 is 0 Å². The van der Waals surface area contributed by atoms with E-state index >= 15 is 0 Å². The van der Waals surface area contributed by atoms with Crippen molar-refractivity contribution in [2.45, 2.75) is 0 Å². The van der Waals surface area contributed by atoms with Crippen molar-refractivity contribution in [3.8, 4) is 135 Å². The van der Waals surface area contributed by atoms with Crippen LogP contribution in [0.1, 0.15) is 0 Å². The maximum atomic E-state index is 6.13. The van der Waals surface area contributed by atoms with Crippen molar-refractivity contribution in [1.29, 1.82) is 0 Å². The number of fused-ring (bicyclic) bond motifs is 12. The average molecular weight is 1570 g/mol. The molecule has 0 fully saturated rings.